The van der Waals surface area contributed by atoms with Crippen LogP contribution in [-0.2, 0) is 6.42 Å². The quantitative estimate of drug-likeness (QED) is 0.458. The van der Waals surface area contributed by atoms with Gasteiger partial charge in [-0.25, -0.2) is 4.79 Å². The van der Waals surface area contributed by atoms with Crippen LogP contribution >= 0.6 is 0 Å². The van der Waals surface area contributed by atoms with Gasteiger partial charge in [0, 0.05) is 32.4 Å². The second kappa shape index (κ2) is 8.68. The zero-order valence-corrected chi connectivity index (χ0v) is 14.4. The first-order valence-corrected chi connectivity index (χ1v) is 8.02. The van der Waals surface area contributed by atoms with Gasteiger partial charge >= 0.3 is 6.03 Å². The summed E-state index contributed by atoms with van der Waals surface area (Å²) in [4.78, 5) is 24.3. The van der Waals surface area contributed by atoms with Crippen molar-refractivity contribution in [2.24, 2.45) is 0 Å². The predicted molar refractivity (Wildman–Crippen MR) is 99.2 cm³/mol. The number of carbonyl (C=O) groups is 1. The lowest BCUT2D eigenvalue weighted by Crippen LogP contribution is -2.30. The molecule has 0 aromatic heterocycles. The van der Waals surface area contributed by atoms with E-state index in [2.05, 4.69) is 34.9 Å². The van der Waals surface area contributed by atoms with E-state index in [1.165, 1.54) is 17.7 Å². The molecule has 2 aromatic rings. The molecule has 0 aliphatic heterocycles. The molecule has 0 aliphatic carbocycles. The van der Waals surface area contributed by atoms with E-state index < -0.39 is 11.0 Å². The van der Waals surface area contributed by atoms with Crippen molar-refractivity contribution in [1.29, 1.82) is 0 Å². The summed E-state index contributed by atoms with van der Waals surface area (Å²) in [6.07, 6.45) is 1.63. The van der Waals surface area contributed by atoms with Crippen molar-refractivity contribution < 1.29 is 9.72 Å². The molecule has 0 heterocycles. The highest BCUT2D eigenvalue weighted by molar-refractivity contribution is 5.91. The first-order chi connectivity index (χ1) is 12.0. The van der Waals surface area contributed by atoms with Crippen molar-refractivity contribution in [3.8, 4) is 0 Å². The summed E-state index contributed by atoms with van der Waals surface area (Å²) >= 11 is 0. The minimum absolute atomic E-state index is 0.126. The van der Waals surface area contributed by atoms with E-state index in [0.717, 1.165) is 18.5 Å². The third kappa shape index (κ3) is 5.49. The average Bonchev–Trinajstić information content (AvgIpc) is 2.59. The van der Waals surface area contributed by atoms with Gasteiger partial charge in [-0.2, -0.15) is 0 Å². The maximum Gasteiger partial charge on any atom is 0.319 e. The third-order valence-corrected chi connectivity index (χ3v) is 3.73. The Morgan fingerprint density at radius 3 is 2.44 bits per heavy atom. The van der Waals surface area contributed by atoms with Crippen LogP contribution in [0, 0.1) is 10.1 Å². The van der Waals surface area contributed by atoms with Gasteiger partial charge in [0.15, 0.2) is 0 Å². The van der Waals surface area contributed by atoms with Crippen molar-refractivity contribution >= 4 is 23.1 Å². The number of rotatable bonds is 7. The zero-order valence-electron chi connectivity index (χ0n) is 14.4. The molecule has 2 amide bonds. The summed E-state index contributed by atoms with van der Waals surface area (Å²) in [5.41, 5.74) is 2.40. The Kier molecular flexibility index (Phi) is 6.33. The first kappa shape index (κ1) is 18.3. The van der Waals surface area contributed by atoms with Gasteiger partial charge in [-0.05, 0) is 36.6 Å². The third-order valence-electron chi connectivity index (χ3n) is 3.73. The monoisotopic (exact) mass is 342 g/mol. The Balaban J connectivity index is 1.76. The van der Waals surface area contributed by atoms with Gasteiger partial charge in [0.05, 0.1) is 4.92 Å². The molecule has 7 nitrogen and oxygen atoms in total. The molecule has 0 saturated heterocycles. The summed E-state index contributed by atoms with van der Waals surface area (Å²) in [7, 11) is 3.99. The number of amides is 2. The molecule has 0 aliphatic rings. The topological polar surface area (TPSA) is 87.5 Å². The number of aryl methyl sites for hydroxylation is 1. The number of hydrogen-bond acceptors (Lipinski definition) is 4. The van der Waals surface area contributed by atoms with Crippen LogP contribution in [0.2, 0.25) is 0 Å². The van der Waals surface area contributed by atoms with Gasteiger partial charge in [0.1, 0.15) is 5.69 Å². The molecule has 0 saturated carbocycles. The van der Waals surface area contributed by atoms with Crippen molar-refractivity contribution in [2.45, 2.75) is 12.8 Å². The molecule has 0 unspecified atom stereocenters. The average molecular weight is 342 g/mol. The van der Waals surface area contributed by atoms with Crippen LogP contribution in [0.1, 0.15) is 12.0 Å². The number of nitrogens with one attached hydrogen (secondary N) is 2. The molecule has 2 rings (SSSR count). The molecular formula is C18H22N4O3. The van der Waals surface area contributed by atoms with Crippen LogP contribution in [0.3, 0.4) is 0 Å². The van der Waals surface area contributed by atoms with Gasteiger partial charge in [-0.3, -0.25) is 10.1 Å². The Labute approximate surface area is 146 Å². The number of hydrogen-bond donors (Lipinski definition) is 2. The number of anilines is 2. The van der Waals surface area contributed by atoms with E-state index in [1.807, 2.05) is 19.0 Å². The fourth-order valence-corrected chi connectivity index (χ4v) is 2.36. The van der Waals surface area contributed by atoms with Crippen LogP contribution in [0.15, 0.2) is 48.5 Å². The summed E-state index contributed by atoms with van der Waals surface area (Å²) in [5, 5.41) is 16.1. The molecule has 2 N–H and O–H groups in total. The van der Waals surface area contributed by atoms with Crippen LogP contribution in [-0.4, -0.2) is 31.6 Å². The minimum Gasteiger partial charge on any atom is -0.378 e. The van der Waals surface area contributed by atoms with E-state index in [1.54, 1.807) is 12.1 Å². The highest BCUT2D eigenvalue weighted by atomic mass is 16.6. The summed E-state index contributed by atoms with van der Waals surface area (Å²) < 4.78 is 0. The molecule has 25 heavy (non-hydrogen) atoms. The van der Waals surface area contributed by atoms with Gasteiger partial charge in [0.25, 0.3) is 5.69 Å². The number of nitrogens with zero attached hydrogens (tertiary/aromatic N) is 2. The van der Waals surface area contributed by atoms with Crippen LogP contribution < -0.4 is 15.5 Å². The second-order valence-electron chi connectivity index (χ2n) is 5.82. The molecule has 0 atom stereocenters. The number of nitro benzene ring substituents is 1. The maximum atomic E-state index is 11.9. The highest BCUT2D eigenvalue weighted by Gasteiger charge is 2.14. The number of para-hydroxylation sites is 2. The van der Waals surface area contributed by atoms with E-state index in [-0.39, 0.29) is 11.4 Å². The SMILES string of the molecule is CN(C)c1ccc(CCCNC(=O)Nc2ccccc2[N+](=O)[O-])cc1. The lowest BCUT2D eigenvalue weighted by molar-refractivity contribution is -0.383. The Hall–Kier alpha value is -3.09. The van der Waals surface area contributed by atoms with Crippen LogP contribution in [0.5, 0.6) is 0 Å². The molecule has 0 spiro atoms. The summed E-state index contributed by atoms with van der Waals surface area (Å²) in [6.45, 7) is 0.488. The van der Waals surface area contributed by atoms with Crippen molar-refractivity contribution in [3.63, 3.8) is 0 Å². The molecule has 132 valence electrons. The smallest absolute Gasteiger partial charge is 0.319 e. The zero-order chi connectivity index (χ0) is 18.2. The lowest BCUT2D eigenvalue weighted by Gasteiger charge is -2.12. The number of benzene rings is 2. The maximum absolute atomic E-state index is 11.9. The number of nitro groups is 1. The number of carbonyl (C=O) groups excluding carboxylic acids is 1. The normalized spacial score (nSPS) is 10.2. The molecule has 2 aromatic carbocycles. The van der Waals surface area contributed by atoms with Gasteiger partial charge in [-0.15, -0.1) is 0 Å². The van der Waals surface area contributed by atoms with Gasteiger partial charge < -0.3 is 15.5 Å². The van der Waals surface area contributed by atoms with Crippen molar-refractivity contribution in [1.82, 2.24) is 5.32 Å². The highest BCUT2D eigenvalue weighted by Crippen LogP contribution is 2.22. The van der Waals surface area contributed by atoms with E-state index in [4.69, 9.17) is 0 Å². The van der Waals surface area contributed by atoms with E-state index in [9.17, 15) is 14.9 Å². The molecule has 0 bridgehead atoms. The Morgan fingerprint density at radius 1 is 1.12 bits per heavy atom. The fraction of sp³-hybridized carbons (Fsp3) is 0.278. The van der Waals surface area contributed by atoms with Gasteiger partial charge in [0.2, 0.25) is 0 Å². The lowest BCUT2D eigenvalue weighted by atomic mass is 10.1. The predicted octanol–water partition coefficient (Wildman–Crippen LogP) is 3.42. The summed E-state index contributed by atoms with van der Waals surface area (Å²) in [6, 6.07) is 13.9. The Bertz CT molecular complexity index is 729. The molecular weight excluding hydrogens is 320 g/mol. The second-order valence-corrected chi connectivity index (χ2v) is 5.82. The van der Waals surface area contributed by atoms with Crippen LogP contribution in [0.25, 0.3) is 0 Å². The molecule has 7 heteroatoms. The minimum atomic E-state index is -0.521. The van der Waals surface area contributed by atoms with E-state index in [0.29, 0.717) is 6.54 Å². The van der Waals surface area contributed by atoms with Gasteiger partial charge in [-0.1, -0.05) is 24.3 Å². The Morgan fingerprint density at radius 2 is 1.80 bits per heavy atom. The standard InChI is InChI=1S/C18H22N4O3/c1-21(2)15-11-9-14(10-12-15)6-5-13-19-18(23)20-16-7-3-4-8-17(16)22(24)25/h3-4,7-12H,5-6,13H2,1-2H3,(H2,19,20,23). The largest absolute Gasteiger partial charge is 0.378 e. The number of urea groups is 1. The molecule has 0 fully saturated rings. The van der Waals surface area contributed by atoms with Crippen LogP contribution in [0.4, 0.5) is 21.9 Å². The van der Waals surface area contributed by atoms with Crippen molar-refractivity contribution in [2.75, 3.05) is 30.9 Å². The fourth-order valence-electron chi connectivity index (χ4n) is 2.36. The van der Waals surface area contributed by atoms with Crippen molar-refractivity contribution in [3.05, 3.63) is 64.2 Å². The first-order valence-electron chi connectivity index (χ1n) is 8.02. The molecule has 0 radical (unpaired) electrons. The van der Waals surface area contributed by atoms with E-state index >= 15 is 0 Å². The summed E-state index contributed by atoms with van der Waals surface area (Å²) in [5.74, 6) is 0.